The van der Waals surface area contributed by atoms with Gasteiger partial charge in [0, 0.05) is 19.5 Å². The van der Waals surface area contributed by atoms with Crippen molar-refractivity contribution >= 4 is 15.9 Å². The molecule has 1 aromatic carbocycles. The first-order valence-electron chi connectivity index (χ1n) is 6.53. The molecule has 1 amide bonds. The molecule has 0 aromatic heterocycles. The lowest BCUT2D eigenvalue weighted by molar-refractivity contribution is -0.137. The van der Waals surface area contributed by atoms with Gasteiger partial charge in [-0.25, -0.2) is 13.6 Å². The molecule has 1 unspecified atom stereocenters. The van der Waals surface area contributed by atoms with Crippen molar-refractivity contribution < 1.29 is 26.4 Å². The summed E-state index contributed by atoms with van der Waals surface area (Å²) >= 11 is 0. The highest BCUT2D eigenvalue weighted by Gasteiger charge is 2.36. The summed E-state index contributed by atoms with van der Waals surface area (Å²) in [7, 11) is -3.79. The fraction of sp³-hybridized carbons (Fsp3) is 0.462. The van der Waals surface area contributed by atoms with Gasteiger partial charge in [0.25, 0.3) is 0 Å². The van der Waals surface area contributed by atoms with E-state index in [1.54, 1.807) is 0 Å². The molecule has 1 aliphatic rings. The number of likely N-dealkylation sites (tertiary alicyclic amines) is 1. The maximum Gasteiger partial charge on any atom is 0.416 e. The summed E-state index contributed by atoms with van der Waals surface area (Å²) < 4.78 is 60.3. The number of nitrogens with zero attached hydrogens (tertiary/aromatic N) is 1. The van der Waals surface area contributed by atoms with Gasteiger partial charge in [0.2, 0.25) is 15.9 Å². The van der Waals surface area contributed by atoms with E-state index in [1.807, 2.05) is 0 Å². The molecule has 1 atom stereocenters. The number of carbonyl (C=O) groups excluding carboxylic acids is 1. The number of hydrogen-bond acceptors (Lipinski definition) is 3. The van der Waals surface area contributed by atoms with E-state index in [-0.39, 0.29) is 31.8 Å². The summed E-state index contributed by atoms with van der Waals surface area (Å²) in [5.41, 5.74) is -0.318. The van der Waals surface area contributed by atoms with E-state index in [1.165, 1.54) is 17.0 Å². The third-order valence-corrected chi connectivity index (χ3v) is 4.81. The van der Waals surface area contributed by atoms with Crippen molar-refractivity contribution in [1.82, 2.24) is 4.90 Å². The van der Waals surface area contributed by atoms with Crippen molar-refractivity contribution in [3.63, 3.8) is 0 Å². The van der Waals surface area contributed by atoms with Gasteiger partial charge < -0.3 is 4.90 Å². The predicted octanol–water partition coefficient (Wildman–Crippen LogP) is 1.14. The van der Waals surface area contributed by atoms with Gasteiger partial charge >= 0.3 is 6.18 Å². The number of hydrogen-bond donors (Lipinski definition) is 1. The van der Waals surface area contributed by atoms with Crippen molar-refractivity contribution in [2.24, 2.45) is 5.14 Å². The second kappa shape index (κ2) is 5.88. The Balaban J connectivity index is 2.01. The normalized spacial score (nSPS) is 19.7. The Morgan fingerprint density at radius 3 is 2.55 bits per heavy atom. The second-order valence-electron chi connectivity index (χ2n) is 5.20. The molecule has 1 fully saturated rings. The monoisotopic (exact) mass is 336 g/mol. The SMILES string of the molecule is NS(=O)(=O)C1CC(=O)N(CCc2cccc(C(F)(F)F)c2)C1. The van der Waals surface area contributed by atoms with Gasteiger partial charge in [-0.1, -0.05) is 18.2 Å². The van der Waals surface area contributed by atoms with Crippen LogP contribution in [0.5, 0.6) is 0 Å². The van der Waals surface area contributed by atoms with Crippen LogP contribution in [0.4, 0.5) is 13.2 Å². The number of amides is 1. The Morgan fingerprint density at radius 2 is 2.00 bits per heavy atom. The number of benzene rings is 1. The van der Waals surface area contributed by atoms with E-state index in [0.717, 1.165) is 12.1 Å². The number of rotatable bonds is 4. The number of sulfonamides is 1. The van der Waals surface area contributed by atoms with E-state index < -0.39 is 27.0 Å². The molecule has 0 spiro atoms. The fourth-order valence-electron chi connectivity index (χ4n) is 2.34. The van der Waals surface area contributed by atoms with Crippen LogP contribution in [-0.2, 0) is 27.4 Å². The number of primary sulfonamides is 1. The Kier molecular flexibility index (Phi) is 4.48. The van der Waals surface area contributed by atoms with Gasteiger partial charge in [0.05, 0.1) is 5.56 Å². The van der Waals surface area contributed by atoms with Crippen LogP contribution in [0.1, 0.15) is 17.5 Å². The van der Waals surface area contributed by atoms with Gasteiger partial charge in [-0.05, 0) is 18.1 Å². The van der Waals surface area contributed by atoms with Crippen molar-refractivity contribution in [2.75, 3.05) is 13.1 Å². The van der Waals surface area contributed by atoms with Gasteiger partial charge in [0.1, 0.15) is 5.25 Å². The number of alkyl halides is 3. The van der Waals surface area contributed by atoms with Crippen LogP contribution in [0.2, 0.25) is 0 Å². The zero-order valence-electron chi connectivity index (χ0n) is 11.5. The first-order chi connectivity index (χ1) is 10.1. The molecule has 1 heterocycles. The van der Waals surface area contributed by atoms with Crippen molar-refractivity contribution in [3.8, 4) is 0 Å². The van der Waals surface area contributed by atoms with Gasteiger partial charge in [0.15, 0.2) is 0 Å². The van der Waals surface area contributed by atoms with Crippen LogP contribution in [0.15, 0.2) is 24.3 Å². The molecule has 122 valence electrons. The van der Waals surface area contributed by atoms with Gasteiger partial charge in [-0.3, -0.25) is 4.79 Å². The third kappa shape index (κ3) is 3.98. The molecular weight excluding hydrogens is 321 g/mol. The maximum absolute atomic E-state index is 12.6. The molecule has 1 aromatic rings. The van der Waals surface area contributed by atoms with Crippen molar-refractivity contribution in [2.45, 2.75) is 24.3 Å². The molecule has 22 heavy (non-hydrogen) atoms. The lowest BCUT2D eigenvalue weighted by Gasteiger charge is -2.16. The molecule has 0 aliphatic carbocycles. The largest absolute Gasteiger partial charge is 0.416 e. The molecule has 0 bridgehead atoms. The minimum atomic E-state index is -4.42. The van der Waals surface area contributed by atoms with Crippen LogP contribution in [-0.4, -0.2) is 37.6 Å². The lowest BCUT2D eigenvalue weighted by atomic mass is 10.1. The first kappa shape index (κ1) is 16.8. The topological polar surface area (TPSA) is 80.5 Å². The molecule has 1 aliphatic heterocycles. The predicted molar refractivity (Wildman–Crippen MR) is 73.2 cm³/mol. The second-order valence-corrected chi connectivity index (χ2v) is 7.05. The Hall–Kier alpha value is -1.61. The standard InChI is InChI=1S/C13H15F3N2O3S/c14-13(15,16)10-3-1-2-9(6-10)4-5-18-8-11(7-12(18)19)22(17,20)21/h1-3,6,11H,4-5,7-8H2,(H2,17,20,21). The van der Waals surface area contributed by atoms with Crippen LogP contribution >= 0.6 is 0 Å². The number of carbonyl (C=O) groups is 1. The summed E-state index contributed by atoms with van der Waals surface area (Å²) in [6.45, 7) is 0.142. The summed E-state index contributed by atoms with van der Waals surface area (Å²) in [5, 5.41) is 4.07. The average molecular weight is 336 g/mol. The number of nitrogens with two attached hydrogens (primary N) is 1. The minimum Gasteiger partial charge on any atom is -0.341 e. The maximum atomic E-state index is 12.6. The van der Waals surface area contributed by atoms with Crippen molar-refractivity contribution in [3.05, 3.63) is 35.4 Å². The smallest absolute Gasteiger partial charge is 0.341 e. The molecule has 5 nitrogen and oxygen atoms in total. The third-order valence-electron chi connectivity index (χ3n) is 3.57. The van der Waals surface area contributed by atoms with E-state index in [0.29, 0.717) is 5.56 Å². The van der Waals surface area contributed by atoms with Gasteiger partial charge in [-0.2, -0.15) is 13.2 Å². The summed E-state index contributed by atoms with van der Waals surface area (Å²) in [6.07, 6.45) is -4.38. The van der Waals surface area contributed by atoms with Crippen LogP contribution in [0.25, 0.3) is 0 Å². The summed E-state index contributed by atoms with van der Waals surface area (Å²) in [4.78, 5) is 13.0. The van der Waals surface area contributed by atoms with E-state index in [9.17, 15) is 26.4 Å². The minimum absolute atomic E-state index is 0.0172. The van der Waals surface area contributed by atoms with Crippen LogP contribution in [0.3, 0.4) is 0 Å². The van der Waals surface area contributed by atoms with Crippen LogP contribution < -0.4 is 5.14 Å². The highest BCUT2D eigenvalue weighted by molar-refractivity contribution is 7.89. The molecule has 0 saturated carbocycles. The molecule has 2 rings (SSSR count). The molecule has 1 saturated heterocycles. The Labute approximate surface area is 125 Å². The van der Waals surface area contributed by atoms with Gasteiger partial charge in [-0.15, -0.1) is 0 Å². The molecule has 0 radical (unpaired) electrons. The first-order valence-corrected chi connectivity index (χ1v) is 8.14. The molecule has 2 N–H and O–H groups in total. The number of halogens is 3. The zero-order valence-corrected chi connectivity index (χ0v) is 12.3. The Morgan fingerprint density at radius 1 is 1.32 bits per heavy atom. The van der Waals surface area contributed by atoms with Crippen molar-refractivity contribution in [1.29, 1.82) is 0 Å². The molecule has 9 heteroatoms. The lowest BCUT2D eigenvalue weighted by Crippen LogP contribution is -2.33. The zero-order chi connectivity index (χ0) is 16.5. The highest BCUT2D eigenvalue weighted by atomic mass is 32.2. The Bertz CT molecular complexity index is 673. The fourth-order valence-corrected chi connectivity index (χ4v) is 3.10. The average Bonchev–Trinajstić information content (AvgIpc) is 2.77. The van der Waals surface area contributed by atoms with E-state index in [4.69, 9.17) is 5.14 Å². The van der Waals surface area contributed by atoms with Crippen LogP contribution in [0, 0.1) is 0 Å². The quantitative estimate of drug-likeness (QED) is 0.895. The van der Waals surface area contributed by atoms with E-state index in [2.05, 4.69) is 0 Å². The van der Waals surface area contributed by atoms with E-state index >= 15 is 0 Å². The molecular formula is C13H15F3N2O3S. The highest BCUT2D eigenvalue weighted by Crippen LogP contribution is 2.29. The summed E-state index contributed by atoms with van der Waals surface area (Å²) in [5.74, 6) is -0.356. The summed E-state index contributed by atoms with van der Waals surface area (Å²) in [6, 6.07) is 4.84.